The highest BCUT2D eigenvalue weighted by Gasteiger charge is 2.25. The van der Waals surface area contributed by atoms with Crippen LogP contribution >= 0.6 is 24.0 Å². The van der Waals surface area contributed by atoms with E-state index in [1.807, 2.05) is 47.7 Å². The molecule has 1 aliphatic heterocycles. The van der Waals surface area contributed by atoms with E-state index in [9.17, 15) is 4.79 Å². The number of carbonyl (C=O) groups excluding carboxylic acids is 1. The molecule has 1 atom stereocenters. The molecule has 0 radical (unpaired) electrons. The molecule has 2 aromatic rings. The first-order chi connectivity index (χ1) is 11.9. The van der Waals surface area contributed by atoms with Gasteiger partial charge in [-0.3, -0.25) is 9.69 Å². The van der Waals surface area contributed by atoms with Gasteiger partial charge in [0.25, 0.3) is 0 Å². The van der Waals surface area contributed by atoms with Gasteiger partial charge in [-0.15, -0.1) is 12.4 Å². The normalized spacial score (nSPS) is 17.2. The molecule has 0 saturated carbocycles. The van der Waals surface area contributed by atoms with Gasteiger partial charge in [-0.2, -0.15) is 0 Å². The summed E-state index contributed by atoms with van der Waals surface area (Å²) < 4.78 is 1.95. The molecule has 0 aromatic carbocycles. The number of carbonyl (C=O) groups is 1. The Kier molecular flexibility index (Phi) is 7.29. The van der Waals surface area contributed by atoms with Crippen molar-refractivity contribution < 1.29 is 4.79 Å². The quantitative estimate of drug-likeness (QED) is 0.856. The second-order valence-corrected chi connectivity index (χ2v) is 7.51. The van der Waals surface area contributed by atoms with Crippen molar-refractivity contribution in [3.05, 3.63) is 35.2 Å². The largest absolute Gasteiger partial charge is 0.340 e. The van der Waals surface area contributed by atoms with Gasteiger partial charge in [0, 0.05) is 45.1 Å². The minimum atomic E-state index is -0.408. The topological polar surface area (TPSA) is 66.9 Å². The molecule has 1 aliphatic rings. The van der Waals surface area contributed by atoms with E-state index in [1.165, 1.54) is 0 Å². The van der Waals surface area contributed by atoms with Gasteiger partial charge in [0.2, 0.25) is 5.91 Å². The average Bonchev–Trinajstić information content (AvgIpc) is 2.81. The van der Waals surface area contributed by atoms with Crippen LogP contribution in [0, 0.1) is 5.92 Å². The molecule has 8 heteroatoms. The molecule has 1 saturated heterocycles. The summed E-state index contributed by atoms with van der Waals surface area (Å²) in [6.45, 7) is 8.04. The van der Waals surface area contributed by atoms with Crippen molar-refractivity contribution in [2.45, 2.75) is 32.9 Å². The summed E-state index contributed by atoms with van der Waals surface area (Å²) in [7, 11) is 0. The lowest BCUT2D eigenvalue weighted by molar-refractivity contribution is -0.133. The van der Waals surface area contributed by atoms with Crippen LogP contribution in [0.2, 0.25) is 5.02 Å². The Morgan fingerprint density at radius 1 is 1.23 bits per heavy atom. The fraction of sp³-hybridized carbons (Fsp3) is 0.556. The van der Waals surface area contributed by atoms with Gasteiger partial charge in [0.05, 0.1) is 16.8 Å². The van der Waals surface area contributed by atoms with Gasteiger partial charge in [-0.1, -0.05) is 25.4 Å². The van der Waals surface area contributed by atoms with Crippen LogP contribution in [-0.2, 0) is 11.3 Å². The maximum absolute atomic E-state index is 12.5. The fourth-order valence-corrected chi connectivity index (χ4v) is 3.34. The molecular formula is C18H27Cl2N5O. The Morgan fingerprint density at radius 3 is 2.73 bits per heavy atom. The van der Waals surface area contributed by atoms with Crippen LogP contribution in [0.3, 0.4) is 0 Å². The number of nitrogens with zero attached hydrogens (tertiary/aromatic N) is 4. The molecule has 0 spiro atoms. The van der Waals surface area contributed by atoms with E-state index >= 15 is 0 Å². The number of nitrogens with two attached hydrogens (primary N) is 1. The van der Waals surface area contributed by atoms with Crippen LogP contribution < -0.4 is 5.73 Å². The maximum Gasteiger partial charge on any atom is 0.239 e. The zero-order valence-electron chi connectivity index (χ0n) is 15.3. The smallest absolute Gasteiger partial charge is 0.239 e. The summed E-state index contributed by atoms with van der Waals surface area (Å²) >= 11 is 6.03. The minimum absolute atomic E-state index is 0. The molecular weight excluding hydrogens is 373 g/mol. The first-order valence-corrected chi connectivity index (χ1v) is 9.21. The highest BCUT2D eigenvalue weighted by atomic mass is 35.5. The lowest BCUT2D eigenvalue weighted by Gasteiger charge is -2.26. The van der Waals surface area contributed by atoms with E-state index in [4.69, 9.17) is 17.3 Å². The molecule has 3 rings (SSSR count). The van der Waals surface area contributed by atoms with Crippen LogP contribution in [0.15, 0.2) is 24.5 Å². The van der Waals surface area contributed by atoms with Crippen LogP contribution in [0.25, 0.3) is 5.65 Å². The van der Waals surface area contributed by atoms with E-state index in [-0.39, 0.29) is 24.2 Å². The van der Waals surface area contributed by atoms with Gasteiger partial charge in [0.15, 0.2) is 0 Å². The Labute approximate surface area is 165 Å². The van der Waals surface area contributed by atoms with Crippen LogP contribution in [0.5, 0.6) is 0 Å². The Morgan fingerprint density at radius 2 is 2.00 bits per heavy atom. The number of hydrogen-bond donors (Lipinski definition) is 1. The standard InChI is InChI=1S/C18H26ClN5O.ClH/c1-13(2)17(20)18(25)23-7-3-6-22(8-9-23)11-15-12-24-10-14(19)4-5-16(24)21-15;/h4-5,10,12-13,17H,3,6-9,11,20H2,1-2H3;1H/t17-;/m0./s1. The number of fused-ring (bicyclic) bond motifs is 1. The summed E-state index contributed by atoms with van der Waals surface area (Å²) in [6.07, 6.45) is 4.84. The zero-order chi connectivity index (χ0) is 18.0. The molecule has 3 heterocycles. The molecule has 2 aromatic heterocycles. The SMILES string of the molecule is CC(C)[C@H](N)C(=O)N1CCCN(Cc2cn3cc(Cl)ccc3n2)CC1.Cl. The van der Waals surface area contributed by atoms with E-state index in [2.05, 4.69) is 9.88 Å². The fourth-order valence-electron chi connectivity index (χ4n) is 3.17. The number of aromatic nitrogens is 2. The van der Waals surface area contributed by atoms with Gasteiger partial charge >= 0.3 is 0 Å². The molecule has 1 fully saturated rings. The van der Waals surface area contributed by atoms with Crippen molar-refractivity contribution in [2.75, 3.05) is 26.2 Å². The van der Waals surface area contributed by atoms with Crippen molar-refractivity contribution >= 4 is 35.6 Å². The molecule has 1 amide bonds. The van der Waals surface area contributed by atoms with Gasteiger partial charge in [0.1, 0.15) is 5.65 Å². The molecule has 0 aliphatic carbocycles. The van der Waals surface area contributed by atoms with E-state index in [0.717, 1.165) is 50.5 Å². The number of hydrogen-bond acceptors (Lipinski definition) is 4. The maximum atomic E-state index is 12.5. The number of rotatable bonds is 4. The molecule has 0 bridgehead atoms. The minimum Gasteiger partial charge on any atom is -0.340 e. The third-order valence-electron chi connectivity index (χ3n) is 4.75. The molecule has 144 valence electrons. The Hall–Kier alpha value is -1.34. The summed E-state index contributed by atoms with van der Waals surface area (Å²) in [5.41, 5.74) is 7.94. The summed E-state index contributed by atoms with van der Waals surface area (Å²) in [4.78, 5) is 21.4. The highest BCUT2D eigenvalue weighted by Crippen LogP contribution is 2.14. The van der Waals surface area contributed by atoms with Crippen LogP contribution in [-0.4, -0.2) is 57.3 Å². The predicted molar refractivity (Wildman–Crippen MR) is 107 cm³/mol. The first-order valence-electron chi connectivity index (χ1n) is 8.84. The zero-order valence-corrected chi connectivity index (χ0v) is 16.8. The predicted octanol–water partition coefficient (Wildman–Crippen LogP) is 2.43. The molecule has 26 heavy (non-hydrogen) atoms. The van der Waals surface area contributed by atoms with Crippen LogP contribution in [0.1, 0.15) is 26.0 Å². The second-order valence-electron chi connectivity index (χ2n) is 7.07. The summed E-state index contributed by atoms with van der Waals surface area (Å²) in [5, 5.41) is 0.696. The summed E-state index contributed by atoms with van der Waals surface area (Å²) in [6, 6.07) is 3.36. The van der Waals surface area contributed by atoms with Gasteiger partial charge in [-0.05, 0) is 24.5 Å². The monoisotopic (exact) mass is 399 g/mol. The summed E-state index contributed by atoms with van der Waals surface area (Å²) in [5.74, 6) is 0.232. The second kappa shape index (κ2) is 9.04. The van der Waals surface area contributed by atoms with E-state index in [0.29, 0.717) is 5.02 Å². The first kappa shape index (κ1) is 21.0. The van der Waals surface area contributed by atoms with Gasteiger partial charge in [-0.25, -0.2) is 4.98 Å². The lowest BCUT2D eigenvalue weighted by atomic mass is 10.0. The molecule has 2 N–H and O–H groups in total. The molecule has 6 nitrogen and oxygen atoms in total. The number of amides is 1. The van der Waals surface area contributed by atoms with Crippen molar-refractivity contribution in [1.29, 1.82) is 0 Å². The highest BCUT2D eigenvalue weighted by molar-refractivity contribution is 6.30. The Balaban J connectivity index is 0.00000243. The third kappa shape index (κ3) is 4.88. The van der Waals surface area contributed by atoms with Crippen molar-refractivity contribution in [2.24, 2.45) is 11.7 Å². The number of imidazole rings is 1. The van der Waals surface area contributed by atoms with Crippen molar-refractivity contribution in [3.8, 4) is 0 Å². The number of halogens is 2. The van der Waals surface area contributed by atoms with Crippen molar-refractivity contribution in [3.63, 3.8) is 0 Å². The average molecular weight is 400 g/mol. The van der Waals surface area contributed by atoms with Crippen LogP contribution in [0.4, 0.5) is 0 Å². The molecule has 0 unspecified atom stereocenters. The Bertz CT molecular complexity index is 748. The van der Waals surface area contributed by atoms with E-state index < -0.39 is 6.04 Å². The number of pyridine rings is 1. The third-order valence-corrected chi connectivity index (χ3v) is 4.98. The lowest BCUT2D eigenvalue weighted by Crippen LogP contribution is -2.47. The van der Waals surface area contributed by atoms with E-state index in [1.54, 1.807) is 0 Å². The van der Waals surface area contributed by atoms with Gasteiger partial charge < -0.3 is 15.0 Å². The van der Waals surface area contributed by atoms with Crippen molar-refractivity contribution in [1.82, 2.24) is 19.2 Å².